The Morgan fingerprint density at radius 3 is 2.60 bits per heavy atom. The zero-order chi connectivity index (χ0) is 25.5. The van der Waals surface area contributed by atoms with E-state index in [9.17, 15) is 0 Å². The van der Waals surface area contributed by atoms with Crippen LogP contribution in [0.5, 0.6) is 0 Å². The third-order valence-corrected chi connectivity index (χ3v) is 6.83. The van der Waals surface area contributed by atoms with Crippen molar-refractivity contribution >= 4 is 11.4 Å². The average molecular weight is 475 g/mol. The molecule has 0 saturated carbocycles. The molecule has 6 nitrogen and oxygen atoms in total. The molecule has 2 unspecified atom stereocenters. The molecule has 0 radical (unpaired) electrons. The van der Waals surface area contributed by atoms with E-state index in [2.05, 4.69) is 98.9 Å². The molecule has 0 saturated heterocycles. The minimum Gasteiger partial charge on any atom is -0.384 e. The Morgan fingerprint density at radius 1 is 1.23 bits per heavy atom. The van der Waals surface area contributed by atoms with Gasteiger partial charge in [0.2, 0.25) is 0 Å². The zero-order valence-corrected chi connectivity index (χ0v) is 22.1. The second-order valence-electron chi connectivity index (χ2n) is 9.73. The van der Waals surface area contributed by atoms with Crippen molar-refractivity contribution in [3.8, 4) is 0 Å². The largest absolute Gasteiger partial charge is 0.384 e. The third-order valence-electron chi connectivity index (χ3n) is 6.83. The molecule has 1 aliphatic carbocycles. The Hall–Kier alpha value is -3.09. The highest BCUT2D eigenvalue weighted by Gasteiger charge is 2.17. The fourth-order valence-electron chi connectivity index (χ4n) is 4.46. The van der Waals surface area contributed by atoms with Crippen molar-refractivity contribution in [3.63, 3.8) is 0 Å². The van der Waals surface area contributed by atoms with Gasteiger partial charge in [-0.15, -0.1) is 0 Å². The van der Waals surface area contributed by atoms with Gasteiger partial charge in [-0.1, -0.05) is 50.4 Å². The van der Waals surface area contributed by atoms with Crippen molar-refractivity contribution in [3.05, 3.63) is 89.4 Å². The van der Waals surface area contributed by atoms with Gasteiger partial charge in [0.05, 0.1) is 30.5 Å². The van der Waals surface area contributed by atoms with Crippen LogP contribution in [-0.4, -0.2) is 68.4 Å². The van der Waals surface area contributed by atoms with Crippen molar-refractivity contribution in [2.24, 2.45) is 10.7 Å². The minimum absolute atomic E-state index is 0.200. The second-order valence-corrected chi connectivity index (χ2v) is 9.73. The summed E-state index contributed by atoms with van der Waals surface area (Å²) in [5.41, 5.74) is 14.6. The van der Waals surface area contributed by atoms with Crippen LogP contribution in [0.1, 0.15) is 37.8 Å². The molecule has 0 spiro atoms. The predicted molar refractivity (Wildman–Crippen MR) is 150 cm³/mol. The van der Waals surface area contributed by atoms with Crippen molar-refractivity contribution in [1.82, 2.24) is 20.4 Å². The topological polar surface area (TPSA) is 68.9 Å². The lowest BCUT2D eigenvalue weighted by Crippen LogP contribution is -2.35. The summed E-state index contributed by atoms with van der Waals surface area (Å²) >= 11 is 0. The van der Waals surface area contributed by atoms with E-state index in [1.165, 1.54) is 0 Å². The van der Waals surface area contributed by atoms with E-state index in [0.29, 0.717) is 19.1 Å². The number of allylic oxidation sites excluding steroid dienone is 2. The molecule has 0 fully saturated rings. The Kier molecular flexibility index (Phi) is 9.13. The van der Waals surface area contributed by atoms with Gasteiger partial charge in [-0.05, 0) is 62.2 Å². The van der Waals surface area contributed by atoms with Crippen LogP contribution in [0.25, 0.3) is 5.70 Å². The van der Waals surface area contributed by atoms with E-state index in [4.69, 9.17) is 10.7 Å². The first kappa shape index (κ1) is 26.5. The Balaban J connectivity index is 1.60. The van der Waals surface area contributed by atoms with E-state index in [1.807, 2.05) is 12.3 Å². The molecule has 0 amide bonds. The number of nitrogens with one attached hydrogen (secondary N) is 2. The van der Waals surface area contributed by atoms with Crippen LogP contribution in [0.2, 0.25) is 0 Å². The van der Waals surface area contributed by atoms with Gasteiger partial charge in [0.1, 0.15) is 0 Å². The highest BCUT2D eigenvalue weighted by atomic mass is 15.1. The highest BCUT2D eigenvalue weighted by molar-refractivity contribution is 6.03. The molecule has 6 heteroatoms. The van der Waals surface area contributed by atoms with Crippen LogP contribution in [0.4, 0.5) is 0 Å². The van der Waals surface area contributed by atoms with E-state index >= 15 is 0 Å². The maximum absolute atomic E-state index is 6.27. The maximum atomic E-state index is 6.27. The summed E-state index contributed by atoms with van der Waals surface area (Å²) in [7, 11) is 6.43. The number of hydrogen-bond donors (Lipinski definition) is 3. The highest BCUT2D eigenvalue weighted by Crippen LogP contribution is 2.20. The van der Waals surface area contributed by atoms with Crippen LogP contribution in [-0.2, 0) is 0 Å². The van der Waals surface area contributed by atoms with E-state index in [0.717, 1.165) is 64.5 Å². The fourth-order valence-corrected chi connectivity index (χ4v) is 4.46. The molecular weight excluding hydrogens is 432 g/mol. The first-order chi connectivity index (χ1) is 16.7. The van der Waals surface area contributed by atoms with Gasteiger partial charge >= 0.3 is 0 Å². The summed E-state index contributed by atoms with van der Waals surface area (Å²) < 4.78 is 0. The summed E-state index contributed by atoms with van der Waals surface area (Å²) in [6.07, 6.45) is 8.34. The van der Waals surface area contributed by atoms with Crippen molar-refractivity contribution < 1.29 is 0 Å². The molecule has 2 aliphatic rings. The van der Waals surface area contributed by atoms with E-state index in [1.54, 1.807) is 0 Å². The fraction of sp³-hybridized carbons (Fsp3) is 0.414. The van der Waals surface area contributed by atoms with Gasteiger partial charge in [0, 0.05) is 37.2 Å². The summed E-state index contributed by atoms with van der Waals surface area (Å²) in [4.78, 5) is 9.45. The maximum Gasteiger partial charge on any atom is 0.0755 e. The lowest BCUT2D eigenvalue weighted by atomic mass is 9.97. The van der Waals surface area contributed by atoms with Gasteiger partial charge in [0.15, 0.2) is 0 Å². The van der Waals surface area contributed by atoms with Gasteiger partial charge in [0.25, 0.3) is 0 Å². The molecule has 1 aromatic carbocycles. The molecule has 2 atom stereocenters. The van der Waals surface area contributed by atoms with Crippen LogP contribution in [0.15, 0.2) is 83.3 Å². The minimum atomic E-state index is -0.200. The molecule has 4 N–H and O–H groups in total. The lowest BCUT2D eigenvalue weighted by molar-refractivity contribution is 0.254. The van der Waals surface area contributed by atoms with Gasteiger partial charge in [-0.3, -0.25) is 4.99 Å². The quantitative estimate of drug-likeness (QED) is 0.454. The molecule has 0 aromatic heterocycles. The summed E-state index contributed by atoms with van der Waals surface area (Å²) in [5, 5.41) is 6.80. The molecule has 1 heterocycles. The molecule has 35 heavy (non-hydrogen) atoms. The molecule has 0 bridgehead atoms. The number of nitrogens with two attached hydrogens (primary N) is 1. The smallest absolute Gasteiger partial charge is 0.0755 e. The first-order valence-corrected chi connectivity index (χ1v) is 12.4. The molecular formula is C29H42N6. The standard InChI is InChI=1S/C29H42N6/c1-8-26(34(5)6)13-14-35(7)22(4)23-9-11-24(12-10-23)28-19-31-17-25(33-28)18-32-27-16-20(2)15-21(3)29(27)30/h9-12,15-17,26,29,31-32H,3-4,8,13-14,18-19,30H2,1-2,5-7H3. The van der Waals surface area contributed by atoms with E-state index < -0.39 is 0 Å². The van der Waals surface area contributed by atoms with Crippen molar-refractivity contribution in [1.29, 1.82) is 0 Å². The SMILES string of the molecule is C=C1C=C(C)C=C(NCC2=CNCC(c3ccc(C(=C)N(C)CCC(CC)N(C)C)cc3)=N2)C1N. The number of hydrogen-bond acceptors (Lipinski definition) is 6. The number of nitrogens with zero attached hydrogens (tertiary/aromatic N) is 3. The Bertz CT molecular complexity index is 1040. The summed E-state index contributed by atoms with van der Waals surface area (Å²) in [6, 6.07) is 8.94. The number of aliphatic imine (C=N–C) groups is 1. The molecule has 3 rings (SSSR count). The third kappa shape index (κ3) is 6.96. The van der Waals surface area contributed by atoms with Crippen molar-refractivity contribution in [2.75, 3.05) is 40.8 Å². The molecule has 1 aliphatic heterocycles. The van der Waals surface area contributed by atoms with Crippen LogP contribution in [0.3, 0.4) is 0 Å². The average Bonchev–Trinajstić information content (AvgIpc) is 2.85. The number of rotatable bonds is 11. The van der Waals surface area contributed by atoms with Crippen molar-refractivity contribution in [2.45, 2.75) is 38.8 Å². The van der Waals surface area contributed by atoms with Crippen LogP contribution in [0, 0.1) is 0 Å². The second kappa shape index (κ2) is 12.0. The summed E-state index contributed by atoms with van der Waals surface area (Å²) in [5.74, 6) is 0. The predicted octanol–water partition coefficient (Wildman–Crippen LogP) is 3.87. The Labute approximate surface area is 211 Å². The molecule has 1 aromatic rings. The Morgan fingerprint density at radius 2 is 1.94 bits per heavy atom. The molecule has 188 valence electrons. The van der Waals surface area contributed by atoms with E-state index in [-0.39, 0.29) is 6.04 Å². The normalized spacial score (nSPS) is 18.7. The van der Waals surface area contributed by atoms with Gasteiger partial charge in [-0.25, -0.2) is 0 Å². The lowest BCUT2D eigenvalue weighted by Gasteiger charge is -2.28. The zero-order valence-electron chi connectivity index (χ0n) is 22.1. The van der Waals surface area contributed by atoms with Crippen LogP contribution >= 0.6 is 0 Å². The van der Waals surface area contributed by atoms with Gasteiger partial charge < -0.3 is 26.2 Å². The number of benzene rings is 1. The van der Waals surface area contributed by atoms with Crippen LogP contribution < -0.4 is 16.4 Å². The monoisotopic (exact) mass is 474 g/mol. The first-order valence-electron chi connectivity index (χ1n) is 12.4. The van der Waals surface area contributed by atoms with Gasteiger partial charge in [-0.2, -0.15) is 0 Å². The summed E-state index contributed by atoms with van der Waals surface area (Å²) in [6.45, 7) is 15.0.